The fraction of sp³-hybridized carbons (Fsp3) is 0.625. The van der Waals surface area contributed by atoms with Crippen molar-refractivity contribution in [3.05, 3.63) is 34.6 Å². The van der Waals surface area contributed by atoms with E-state index in [0.717, 1.165) is 18.9 Å². The molecule has 1 aromatic rings. The maximum atomic E-state index is 13.8. The minimum absolute atomic E-state index is 0.195. The Balaban J connectivity index is 2.62. The topological polar surface area (TPSA) is 12.0 Å². The van der Waals surface area contributed by atoms with Gasteiger partial charge in [-0.15, -0.1) is 0 Å². The van der Waals surface area contributed by atoms with Crippen molar-refractivity contribution in [3.63, 3.8) is 0 Å². The first-order valence-electron chi connectivity index (χ1n) is 7.20. The summed E-state index contributed by atoms with van der Waals surface area (Å²) in [7, 11) is 0. The Bertz CT molecular complexity index is 359. The van der Waals surface area contributed by atoms with Crippen molar-refractivity contribution in [3.8, 4) is 0 Å². The van der Waals surface area contributed by atoms with Gasteiger partial charge in [-0.1, -0.05) is 51.3 Å². The van der Waals surface area contributed by atoms with E-state index in [1.807, 2.05) is 0 Å². The Hall–Kier alpha value is -0.600. The highest BCUT2D eigenvalue weighted by Crippen LogP contribution is 2.22. The van der Waals surface area contributed by atoms with E-state index >= 15 is 0 Å². The zero-order valence-electron chi connectivity index (χ0n) is 12.2. The molecule has 0 saturated carbocycles. The van der Waals surface area contributed by atoms with Gasteiger partial charge in [0.05, 0.1) is 0 Å². The number of benzene rings is 1. The van der Waals surface area contributed by atoms with Gasteiger partial charge in [0.15, 0.2) is 0 Å². The Morgan fingerprint density at radius 2 is 2.00 bits per heavy atom. The molecule has 0 aromatic heterocycles. The molecule has 3 heteroatoms. The second-order valence-corrected chi connectivity index (χ2v) is 5.89. The van der Waals surface area contributed by atoms with Crippen LogP contribution in [0, 0.1) is 11.7 Å². The van der Waals surface area contributed by atoms with Crippen LogP contribution in [0.1, 0.15) is 45.6 Å². The van der Waals surface area contributed by atoms with Crippen molar-refractivity contribution in [2.24, 2.45) is 5.92 Å². The standard InChI is InChI=1S/C16H25ClFN/c1-4-19-13(8-5-7-12(2)3)11-14-15(17)9-6-10-16(14)18/h6,9-10,12-13,19H,4-5,7-8,11H2,1-3H3. The summed E-state index contributed by atoms with van der Waals surface area (Å²) in [5.41, 5.74) is 0.639. The van der Waals surface area contributed by atoms with Gasteiger partial charge in [-0.25, -0.2) is 4.39 Å². The van der Waals surface area contributed by atoms with Gasteiger partial charge in [0.2, 0.25) is 0 Å². The van der Waals surface area contributed by atoms with Crippen LogP contribution in [0.5, 0.6) is 0 Å². The lowest BCUT2D eigenvalue weighted by molar-refractivity contribution is 0.436. The molecule has 0 saturated heterocycles. The third kappa shape index (κ3) is 5.92. The number of hydrogen-bond acceptors (Lipinski definition) is 1. The molecule has 1 aromatic carbocycles. The van der Waals surface area contributed by atoms with Crippen LogP contribution >= 0.6 is 11.6 Å². The zero-order valence-corrected chi connectivity index (χ0v) is 12.9. The Kier molecular flexibility index (Phi) is 7.40. The molecule has 0 bridgehead atoms. The molecule has 0 heterocycles. The minimum Gasteiger partial charge on any atom is -0.314 e. The van der Waals surface area contributed by atoms with Crippen LogP contribution in [-0.2, 0) is 6.42 Å². The lowest BCUT2D eigenvalue weighted by Gasteiger charge is -2.19. The number of likely N-dealkylation sites (N-methyl/N-ethyl adjacent to an activating group) is 1. The highest BCUT2D eigenvalue weighted by Gasteiger charge is 2.14. The van der Waals surface area contributed by atoms with E-state index in [-0.39, 0.29) is 5.82 Å². The molecule has 1 nitrogen and oxygen atoms in total. The maximum absolute atomic E-state index is 13.8. The van der Waals surface area contributed by atoms with Crippen molar-refractivity contribution in [2.45, 2.75) is 52.5 Å². The van der Waals surface area contributed by atoms with Crippen molar-refractivity contribution >= 4 is 11.6 Å². The van der Waals surface area contributed by atoms with E-state index in [1.54, 1.807) is 12.1 Å². The quantitative estimate of drug-likeness (QED) is 0.722. The predicted molar refractivity (Wildman–Crippen MR) is 81.3 cm³/mol. The van der Waals surface area contributed by atoms with Crippen molar-refractivity contribution in [1.82, 2.24) is 5.32 Å². The molecule has 19 heavy (non-hydrogen) atoms. The molecule has 1 unspecified atom stereocenters. The lowest BCUT2D eigenvalue weighted by Crippen LogP contribution is -2.31. The maximum Gasteiger partial charge on any atom is 0.127 e. The Morgan fingerprint density at radius 3 is 2.58 bits per heavy atom. The first-order chi connectivity index (χ1) is 9.04. The third-order valence-electron chi connectivity index (χ3n) is 3.34. The normalized spacial score (nSPS) is 12.9. The first-order valence-corrected chi connectivity index (χ1v) is 7.58. The number of rotatable bonds is 8. The van der Waals surface area contributed by atoms with Crippen LogP contribution in [0.2, 0.25) is 5.02 Å². The summed E-state index contributed by atoms with van der Waals surface area (Å²) in [6, 6.07) is 5.20. The fourth-order valence-corrected chi connectivity index (χ4v) is 2.55. The number of halogens is 2. The van der Waals surface area contributed by atoms with Gasteiger partial charge in [0.25, 0.3) is 0 Å². The van der Waals surface area contributed by atoms with Gasteiger partial charge < -0.3 is 5.32 Å². The van der Waals surface area contributed by atoms with E-state index in [9.17, 15) is 4.39 Å². The van der Waals surface area contributed by atoms with Gasteiger partial charge >= 0.3 is 0 Å². The smallest absolute Gasteiger partial charge is 0.127 e. The molecule has 0 spiro atoms. The molecule has 0 amide bonds. The Labute approximate surface area is 121 Å². The predicted octanol–water partition coefficient (Wildman–Crippen LogP) is 4.83. The highest BCUT2D eigenvalue weighted by atomic mass is 35.5. The van der Waals surface area contributed by atoms with Gasteiger partial charge in [0, 0.05) is 16.6 Å². The number of nitrogens with one attached hydrogen (secondary N) is 1. The van der Waals surface area contributed by atoms with Crippen molar-refractivity contribution in [2.75, 3.05) is 6.54 Å². The summed E-state index contributed by atoms with van der Waals surface area (Å²) < 4.78 is 13.8. The van der Waals surface area contributed by atoms with E-state index in [0.29, 0.717) is 23.0 Å². The van der Waals surface area contributed by atoms with E-state index in [1.165, 1.54) is 18.9 Å². The molecular weight excluding hydrogens is 261 g/mol. The summed E-state index contributed by atoms with van der Waals surface area (Å²) in [6.45, 7) is 7.45. The van der Waals surface area contributed by atoms with Crippen LogP contribution in [0.15, 0.2) is 18.2 Å². The summed E-state index contributed by atoms with van der Waals surface area (Å²) >= 11 is 6.09. The number of hydrogen-bond donors (Lipinski definition) is 1. The molecule has 0 fully saturated rings. The highest BCUT2D eigenvalue weighted by molar-refractivity contribution is 6.31. The summed E-state index contributed by atoms with van der Waals surface area (Å²) in [6.07, 6.45) is 4.11. The molecule has 0 aliphatic rings. The largest absolute Gasteiger partial charge is 0.314 e. The van der Waals surface area contributed by atoms with Crippen molar-refractivity contribution < 1.29 is 4.39 Å². The first kappa shape index (κ1) is 16.5. The molecule has 1 atom stereocenters. The average molecular weight is 286 g/mol. The fourth-order valence-electron chi connectivity index (χ4n) is 2.31. The van der Waals surface area contributed by atoms with Crippen LogP contribution in [-0.4, -0.2) is 12.6 Å². The average Bonchev–Trinajstić information content (AvgIpc) is 2.33. The van der Waals surface area contributed by atoms with E-state index in [4.69, 9.17) is 11.6 Å². The van der Waals surface area contributed by atoms with Gasteiger partial charge in [-0.3, -0.25) is 0 Å². The summed E-state index contributed by atoms with van der Waals surface area (Å²) in [4.78, 5) is 0. The lowest BCUT2D eigenvalue weighted by atomic mass is 9.98. The molecule has 0 aliphatic heterocycles. The molecule has 0 aliphatic carbocycles. The molecule has 1 N–H and O–H groups in total. The van der Waals surface area contributed by atoms with Crippen LogP contribution in [0.3, 0.4) is 0 Å². The van der Waals surface area contributed by atoms with Crippen LogP contribution in [0.4, 0.5) is 4.39 Å². The molecule has 108 valence electrons. The van der Waals surface area contributed by atoms with Crippen LogP contribution in [0.25, 0.3) is 0 Å². The van der Waals surface area contributed by atoms with Gasteiger partial charge in [-0.2, -0.15) is 0 Å². The van der Waals surface area contributed by atoms with Crippen LogP contribution < -0.4 is 5.32 Å². The Morgan fingerprint density at radius 1 is 1.26 bits per heavy atom. The minimum atomic E-state index is -0.195. The second kappa shape index (κ2) is 8.55. The molecule has 0 radical (unpaired) electrons. The molecule has 1 rings (SSSR count). The van der Waals surface area contributed by atoms with Gasteiger partial charge in [0.1, 0.15) is 5.82 Å². The monoisotopic (exact) mass is 285 g/mol. The van der Waals surface area contributed by atoms with Gasteiger partial charge in [-0.05, 0) is 37.4 Å². The van der Waals surface area contributed by atoms with Crippen molar-refractivity contribution in [1.29, 1.82) is 0 Å². The summed E-state index contributed by atoms with van der Waals surface area (Å²) in [5.74, 6) is 0.526. The zero-order chi connectivity index (χ0) is 14.3. The second-order valence-electron chi connectivity index (χ2n) is 5.48. The van der Waals surface area contributed by atoms with E-state index < -0.39 is 0 Å². The molecular formula is C16H25ClFN. The third-order valence-corrected chi connectivity index (χ3v) is 3.69. The van der Waals surface area contributed by atoms with E-state index in [2.05, 4.69) is 26.1 Å². The summed E-state index contributed by atoms with van der Waals surface area (Å²) in [5, 5.41) is 3.97. The SMILES string of the molecule is CCNC(CCCC(C)C)Cc1c(F)cccc1Cl.